The molecule has 0 aromatic heterocycles. The quantitative estimate of drug-likeness (QED) is 0.472. The summed E-state index contributed by atoms with van der Waals surface area (Å²) in [7, 11) is 0. The molecule has 0 amide bonds. The van der Waals surface area contributed by atoms with Gasteiger partial charge in [0.1, 0.15) is 0 Å². The third-order valence-electron chi connectivity index (χ3n) is 1.25. The summed E-state index contributed by atoms with van der Waals surface area (Å²) in [6.07, 6.45) is 0.0659. The Hall–Kier alpha value is -0.920. The highest BCUT2D eigenvalue weighted by Crippen LogP contribution is 1.96. The second-order valence-corrected chi connectivity index (χ2v) is 1.75. The Balaban J connectivity index is 3.25. The van der Waals surface area contributed by atoms with Crippen LogP contribution < -0.4 is 10.9 Å². The summed E-state index contributed by atoms with van der Waals surface area (Å²) in [5.74, 6) is 0. The molecule has 4 radical (unpaired) electrons. The largest absolute Gasteiger partial charge is 0.285 e. The molecule has 0 aliphatic heterocycles. The van der Waals surface area contributed by atoms with Crippen molar-refractivity contribution in [3.8, 4) is 0 Å². The van der Waals surface area contributed by atoms with Gasteiger partial charge in [-0.1, -0.05) is 0 Å². The van der Waals surface area contributed by atoms with Gasteiger partial charge in [-0.05, 0) is 13.3 Å². The molecule has 0 saturated heterocycles. The highest BCUT2D eigenvalue weighted by molar-refractivity contribution is 5.35. The summed E-state index contributed by atoms with van der Waals surface area (Å²) in [6.45, 7) is 10.2. The molecular weight excluding hydrogens is 116 g/mol. The Morgan fingerprint density at radius 3 is 2.00 bits per heavy atom. The minimum Gasteiger partial charge on any atom is -0.285 e. The maximum atomic E-state index is 10.4. The lowest BCUT2D eigenvalue weighted by Crippen LogP contribution is -2.37. The molecule has 0 fully saturated rings. The molecule has 0 spiro atoms. The molecule has 0 bridgehead atoms. The molecule has 0 heterocycles. The second kappa shape index (κ2) is 1.79. The van der Waals surface area contributed by atoms with Crippen LogP contribution in [0.15, 0.2) is 9.59 Å². The molecular formula is C7H4O2. The lowest BCUT2D eigenvalue weighted by atomic mass is 10.0. The molecule has 44 valence electrons. The summed E-state index contributed by atoms with van der Waals surface area (Å²) >= 11 is 0. The van der Waals surface area contributed by atoms with Crippen molar-refractivity contribution in [3.05, 3.63) is 45.4 Å². The maximum absolute atomic E-state index is 10.4. The zero-order chi connectivity index (χ0) is 7.02. The van der Waals surface area contributed by atoms with Crippen molar-refractivity contribution in [2.75, 3.05) is 0 Å². The summed E-state index contributed by atoms with van der Waals surface area (Å²) in [5.41, 5.74) is -0.840. The predicted molar refractivity (Wildman–Crippen MR) is 32.8 cm³/mol. The fourth-order valence-corrected chi connectivity index (χ4v) is 0.659. The minimum absolute atomic E-state index is 0.0301. The van der Waals surface area contributed by atoms with Gasteiger partial charge in [-0.2, -0.15) is 0 Å². The van der Waals surface area contributed by atoms with Gasteiger partial charge in [0.05, 0.1) is 0 Å². The van der Waals surface area contributed by atoms with Crippen molar-refractivity contribution in [2.45, 2.75) is 6.42 Å². The van der Waals surface area contributed by atoms with E-state index >= 15 is 0 Å². The molecule has 1 aromatic carbocycles. The Kier molecular flexibility index (Phi) is 1.24. The number of hydrogen-bond donors (Lipinski definition) is 0. The van der Waals surface area contributed by atoms with E-state index in [1.807, 2.05) is 0 Å². The van der Waals surface area contributed by atoms with Crippen molar-refractivity contribution < 1.29 is 0 Å². The third kappa shape index (κ3) is 0.626. The first-order valence-corrected chi connectivity index (χ1v) is 2.46. The molecule has 0 aliphatic rings. The Bertz CT molecular complexity index is 290. The lowest BCUT2D eigenvalue weighted by molar-refractivity contribution is 1.13. The molecule has 0 saturated carbocycles. The van der Waals surface area contributed by atoms with Crippen LogP contribution in [0.4, 0.5) is 0 Å². The summed E-state index contributed by atoms with van der Waals surface area (Å²) in [4.78, 5) is 20.8. The molecule has 0 aliphatic carbocycles. The van der Waals surface area contributed by atoms with Crippen LogP contribution in [0.1, 0.15) is 11.1 Å². The van der Waals surface area contributed by atoms with Crippen molar-refractivity contribution in [2.24, 2.45) is 0 Å². The first kappa shape index (κ1) is 6.20. The molecule has 2 heteroatoms. The van der Waals surface area contributed by atoms with Crippen molar-refractivity contribution in [1.82, 2.24) is 0 Å². The summed E-state index contributed by atoms with van der Waals surface area (Å²) in [6, 6.07) is 0. The van der Waals surface area contributed by atoms with Gasteiger partial charge in [0.25, 0.3) is 0 Å². The van der Waals surface area contributed by atoms with E-state index in [2.05, 4.69) is 0 Å². The van der Waals surface area contributed by atoms with E-state index in [9.17, 15) is 9.59 Å². The van der Waals surface area contributed by atoms with E-state index in [1.54, 1.807) is 0 Å². The van der Waals surface area contributed by atoms with Crippen LogP contribution in [-0.4, -0.2) is 0 Å². The first-order chi connectivity index (χ1) is 4.18. The Labute approximate surface area is 52.8 Å². The van der Waals surface area contributed by atoms with Crippen LogP contribution in [-0.2, 0) is 6.42 Å². The second-order valence-electron chi connectivity index (χ2n) is 1.75. The normalized spacial score (nSPS) is 10.4. The van der Waals surface area contributed by atoms with E-state index < -0.39 is 10.9 Å². The van der Waals surface area contributed by atoms with Crippen molar-refractivity contribution in [3.63, 3.8) is 0 Å². The van der Waals surface area contributed by atoms with Crippen molar-refractivity contribution >= 4 is 0 Å². The number of rotatable bonds is 1. The average molecular weight is 120 g/mol. The van der Waals surface area contributed by atoms with Gasteiger partial charge in [-0.3, -0.25) is 9.59 Å². The third-order valence-corrected chi connectivity index (χ3v) is 1.25. The molecule has 1 rings (SSSR count). The van der Waals surface area contributed by atoms with Gasteiger partial charge in [-0.15, -0.1) is 0 Å². The fourth-order valence-electron chi connectivity index (χ4n) is 0.659. The molecule has 0 unspecified atom stereocenters. The monoisotopic (exact) mass is 120 g/mol. The van der Waals surface area contributed by atoms with Crippen LogP contribution in [0.2, 0.25) is 0 Å². The average Bonchev–Trinajstić information content (AvgIpc) is 1.89. The number of hydrogen-bond acceptors (Lipinski definition) is 2. The van der Waals surface area contributed by atoms with Gasteiger partial charge in [0.2, 0.25) is 10.9 Å². The maximum Gasteiger partial charge on any atom is 0.229 e. The van der Waals surface area contributed by atoms with Crippen LogP contribution in [0.5, 0.6) is 0 Å². The fraction of sp³-hybridized carbons (Fsp3) is 0.143. The molecule has 1 aromatic rings. The van der Waals surface area contributed by atoms with Gasteiger partial charge >= 0.3 is 0 Å². The van der Waals surface area contributed by atoms with E-state index in [-0.39, 0.29) is 17.5 Å². The van der Waals surface area contributed by atoms with Crippen LogP contribution >= 0.6 is 0 Å². The SMILES string of the molecule is [CH]Cc1c([CH])c(=O)c1=O. The van der Waals surface area contributed by atoms with Gasteiger partial charge in [-0.25, -0.2) is 0 Å². The Morgan fingerprint density at radius 1 is 1.22 bits per heavy atom. The smallest absolute Gasteiger partial charge is 0.229 e. The van der Waals surface area contributed by atoms with Crippen LogP contribution in [0.3, 0.4) is 0 Å². The zero-order valence-electron chi connectivity index (χ0n) is 4.68. The molecule has 9 heavy (non-hydrogen) atoms. The zero-order valence-corrected chi connectivity index (χ0v) is 4.68. The lowest BCUT2D eigenvalue weighted by Gasteiger charge is -1.99. The highest BCUT2D eigenvalue weighted by Gasteiger charge is 2.13. The highest BCUT2D eigenvalue weighted by atomic mass is 16.2. The van der Waals surface area contributed by atoms with Gasteiger partial charge in [0.15, 0.2) is 0 Å². The van der Waals surface area contributed by atoms with Crippen LogP contribution in [0, 0.1) is 13.8 Å². The molecule has 0 atom stereocenters. The first-order valence-electron chi connectivity index (χ1n) is 2.46. The molecule has 2 nitrogen and oxygen atoms in total. The van der Waals surface area contributed by atoms with Crippen LogP contribution in [0.25, 0.3) is 0 Å². The standard InChI is InChI=1S/C7H4O2/c1-3-5-4(2)6(8)7(5)9/h1-2H,3H2. The predicted octanol–water partition coefficient (Wildman–Crippen LogP) is -0.405. The van der Waals surface area contributed by atoms with Gasteiger partial charge < -0.3 is 0 Å². The topological polar surface area (TPSA) is 34.1 Å². The van der Waals surface area contributed by atoms with E-state index in [1.165, 1.54) is 0 Å². The Morgan fingerprint density at radius 2 is 1.78 bits per heavy atom. The summed E-state index contributed by atoms with van der Waals surface area (Å²) < 4.78 is 0. The van der Waals surface area contributed by atoms with E-state index in [0.717, 1.165) is 0 Å². The minimum atomic E-state index is -0.601. The van der Waals surface area contributed by atoms with Gasteiger partial charge in [0, 0.05) is 18.1 Å². The van der Waals surface area contributed by atoms with Crippen molar-refractivity contribution in [1.29, 1.82) is 0 Å². The van der Waals surface area contributed by atoms with E-state index in [4.69, 9.17) is 13.8 Å². The molecule has 0 N–H and O–H groups in total. The summed E-state index contributed by atoms with van der Waals surface area (Å²) in [5, 5.41) is 0. The van der Waals surface area contributed by atoms with E-state index in [0.29, 0.717) is 0 Å².